The number of benzene rings is 3. The fourth-order valence-corrected chi connectivity index (χ4v) is 4.11. The highest BCUT2D eigenvalue weighted by Crippen LogP contribution is 2.36. The summed E-state index contributed by atoms with van der Waals surface area (Å²) in [7, 11) is 0. The van der Waals surface area contributed by atoms with E-state index in [-0.39, 0.29) is 11.8 Å². The van der Waals surface area contributed by atoms with E-state index in [1.807, 2.05) is 36.4 Å². The van der Waals surface area contributed by atoms with Crippen LogP contribution in [0.25, 0.3) is 10.8 Å². The summed E-state index contributed by atoms with van der Waals surface area (Å²) in [5.74, 6) is 0.455. The maximum absolute atomic E-state index is 13.1. The molecule has 1 atom stereocenters. The zero-order valence-corrected chi connectivity index (χ0v) is 18.1. The standard InChI is InChI=1S/C26H28N2O3/c1-3-4-7-19-10-13-24-23(16-19)25(27-18(2)29)26(30)28(24)14-15-31-22-12-11-20-8-5-6-9-21(20)17-22/h5-6,8-13,16-17,25H,3-4,7,14-15H2,1-2H3,(H,27,29)/t25-/m1/s1. The van der Waals surface area contributed by atoms with E-state index in [2.05, 4.69) is 36.5 Å². The van der Waals surface area contributed by atoms with Gasteiger partial charge in [-0.15, -0.1) is 0 Å². The van der Waals surface area contributed by atoms with Gasteiger partial charge < -0.3 is 15.0 Å². The second-order valence-electron chi connectivity index (χ2n) is 7.98. The predicted molar refractivity (Wildman–Crippen MR) is 123 cm³/mol. The topological polar surface area (TPSA) is 58.6 Å². The van der Waals surface area contributed by atoms with Gasteiger partial charge in [-0.05, 0) is 47.4 Å². The van der Waals surface area contributed by atoms with Gasteiger partial charge >= 0.3 is 0 Å². The van der Waals surface area contributed by atoms with Crippen LogP contribution in [0.5, 0.6) is 5.75 Å². The quantitative estimate of drug-likeness (QED) is 0.575. The van der Waals surface area contributed by atoms with Crippen molar-refractivity contribution in [2.24, 2.45) is 0 Å². The van der Waals surface area contributed by atoms with Crippen molar-refractivity contribution in [1.82, 2.24) is 5.32 Å². The number of nitrogens with zero attached hydrogens (tertiary/aromatic N) is 1. The molecule has 31 heavy (non-hydrogen) atoms. The minimum atomic E-state index is -0.630. The molecule has 0 saturated carbocycles. The fraction of sp³-hybridized carbons (Fsp3) is 0.308. The molecule has 0 aromatic heterocycles. The molecule has 0 spiro atoms. The van der Waals surface area contributed by atoms with Gasteiger partial charge in [0.15, 0.2) is 0 Å². The van der Waals surface area contributed by atoms with Crippen molar-refractivity contribution in [3.05, 3.63) is 71.8 Å². The lowest BCUT2D eigenvalue weighted by molar-refractivity contribution is -0.126. The molecule has 0 bridgehead atoms. The van der Waals surface area contributed by atoms with Gasteiger partial charge in [0.25, 0.3) is 5.91 Å². The average Bonchev–Trinajstić information content (AvgIpc) is 3.02. The zero-order valence-electron chi connectivity index (χ0n) is 18.1. The lowest BCUT2D eigenvalue weighted by atomic mass is 10.0. The number of hydrogen-bond donors (Lipinski definition) is 1. The molecule has 1 N–H and O–H groups in total. The van der Waals surface area contributed by atoms with Crippen LogP contribution in [0, 0.1) is 0 Å². The molecule has 160 valence electrons. The van der Waals surface area contributed by atoms with Crippen LogP contribution in [0.15, 0.2) is 60.7 Å². The number of amides is 2. The van der Waals surface area contributed by atoms with E-state index in [1.165, 1.54) is 12.5 Å². The Labute approximate surface area is 183 Å². The van der Waals surface area contributed by atoms with Gasteiger partial charge in [-0.3, -0.25) is 9.59 Å². The van der Waals surface area contributed by atoms with E-state index in [1.54, 1.807) is 4.90 Å². The summed E-state index contributed by atoms with van der Waals surface area (Å²) in [5.41, 5.74) is 2.92. The predicted octanol–water partition coefficient (Wildman–Crippen LogP) is 4.79. The van der Waals surface area contributed by atoms with Crippen LogP contribution in [-0.2, 0) is 16.0 Å². The van der Waals surface area contributed by atoms with Crippen molar-refractivity contribution < 1.29 is 14.3 Å². The smallest absolute Gasteiger partial charge is 0.254 e. The molecule has 0 fully saturated rings. The van der Waals surface area contributed by atoms with Crippen molar-refractivity contribution in [3.8, 4) is 5.75 Å². The molecular weight excluding hydrogens is 388 g/mol. The molecule has 3 aromatic rings. The Morgan fingerprint density at radius 2 is 1.87 bits per heavy atom. The van der Waals surface area contributed by atoms with Crippen molar-refractivity contribution in [2.45, 2.75) is 39.2 Å². The van der Waals surface area contributed by atoms with Crippen LogP contribution in [0.3, 0.4) is 0 Å². The maximum atomic E-state index is 13.1. The van der Waals surface area contributed by atoms with Crippen molar-refractivity contribution in [2.75, 3.05) is 18.1 Å². The number of aryl methyl sites for hydroxylation is 1. The minimum Gasteiger partial charge on any atom is -0.492 e. The molecule has 0 aliphatic carbocycles. The van der Waals surface area contributed by atoms with Crippen LogP contribution in [0.1, 0.15) is 43.9 Å². The van der Waals surface area contributed by atoms with Crippen LogP contribution in [0.4, 0.5) is 5.69 Å². The molecule has 4 rings (SSSR count). The summed E-state index contributed by atoms with van der Waals surface area (Å²) in [4.78, 5) is 26.5. The highest BCUT2D eigenvalue weighted by Gasteiger charge is 2.37. The number of hydrogen-bond acceptors (Lipinski definition) is 3. The van der Waals surface area contributed by atoms with E-state index >= 15 is 0 Å². The first-order valence-electron chi connectivity index (χ1n) is 10.9. The van der Waals surface area contributed by atoms with Crippen LogP contribution < -0.4 is 15.0 Å². The third kappa shape index (κ3) is 4.55. The molecule has 1 aliphatic heterocycles. The van der Waals surface area contributed by atoms with E-state index in [0.717, 1.165) is 47.0 Å². The number of anilines is 1. The summed E-state index contributed by atoms with van der Waals surface area (Å²) in [6, 6.07) is 19.6. The van der Waals surface area contributed by atoms with Crippen molar-refractivity contribution >= 4 is 28.3 Å². The first-order valence-corrected chi connectivity index (χ1v) is 10.9. The number of nitrogens with one attached hydrogen (secondary N) is 1. The second-order valence-corrected chi connectivity index (χ2v) is 7.98. The Bertz CT molecular complexity index is 1110. The summed E-state index contributed by atoms with van der Waals surface area (Å²) in [6.45, 7) is 4.39. The van der Waals surface area contributed by atoms with Crippen LogP contribution >= 0.6 is 0 Å². The lowest BCUT2D eigenvalue weighted by Crippen LogP contribution is -2.38. The lowest BCUT2D eigenvalue weighted by Gasteiger charge is -2.18. The molecule has 5 nitrogen and oxygen atoms in total. The largest absolute Gasteiger partial charge is 0.492 e. The Hall–Kier alpha value is -3.34. The van der Waals surface area contributed by atoms with Gasteiger partial charge in [0.2, 0.25) is 5.91 Å². The molecule has 3 aromatic carbocycles. The summed E-state index contributed by atoms with van der Waals surface area (Å²) in [5, 5.41) is 5.10. The molecule has 0 unspecified atom stereocenters. The van der Waals surface area contributed by atoms with Gasteiger partial charge in [0.05, 0.1) is 6.54 Å². The van der Waals surface area contributed by atoms with E-state index < -0.39 is 6.04 Å². The Morgan fingerprint density at radius 3 is 2.65 bits per heavy atom. The molecule has 1 aliphatic rings. The second kappa shape index (κ2) is 9.21. The first kappa shape index (κ1) is 20.9. The number of unbranched alkanes of at least 4 members (excludes halogenated alkanes) is 1. The number of rotatable bonds is 8. The van der Waals surface area contributed by atoms with E-state index in [0.29, 0.717) is 13.2 Å². The maximum Gasteiger partial charge on any atom is 0.254 e. The third-order valence-electron chi connectivity index (χ3n) is 5.68. The zero-order chi connectivity index (χ0) is 21.8. The number of carbonyl (C=O) groups is 2. The Morgan fingerprint density at radius 1 is 1.06 bits per heavy atom. The van der Waals surface area contributed by atoms with Gasteiger partial charge in [-0.2, -0.15) is 0 Å². The van der Waals surface area contributed by atoms with Gasteiger partial charge in [0.1, 0.15) is 18.4 Å². The molecular formula is C26H28N2O3. The van der Waals surface area contributed by atoms with Gasteiger partial charge in [-0.1, -0.05) is 55.8 Å². The fourth-order valence-electron chi connectivity index (χ4n) is 4.11. The number of fused-ring (bicyclic) bond motifs is 2. The van der Waals surface area contributed by atoms with E-state index in [9.17, 15) is 9.59 Å². The highest BCUT2D eigenvalue weighted by atomic mass is 16.5. The van der Waals surface area contributed by atoms with Crippen molar-refractivity contribution in [3.63, 3.8) is 0 Å². The van der Waals surface area contributed by atoms with Crippen molar-refractivity contribution in [1.29, 1.82) is 0 Å². The molecule has 1 heterocycles. The first-order chi connectivity index (χ1) is 15.1. The number of carbonyl (C=O) groups excluding carboxylic acids is 2. The van der Waals surface area contributed by atoms with Crippen LogP contribution in [0.2, 0.25) is 0 Å². The SMILES string of the molecule is CCCCc1ccc2c(c1)[C@@H](NC(C)=O)C(=O)N2CCOc1ccc2ccccc2c1. The Balaban J connectivity index is 1.49. The summed E-state index contributed by atoms with van der Waals surface area (Å²) in [6.07, 6.45) is 3.18. The normalized spacial score (nSPS) is 15.2. The van der Waals surface area contributed by atoms with Gasteiger partial charge in [-0.25, -0.2) is 0 Å². The molecule has 0 radical (unpaired) electrons. The van der Waals surface area contributed by atoms with E-state index in [4.69, 9.17) is 4.74 Å². The van der Waals surface area contributed by atoms with Crippen LogP contribution in [-0.4, -0.2) is 25.0 Å². The minimum absolute atomic E-state index is 0.111. The molecule has 2 amide bonds. The summed E-state index contributed by atoms with van der Waals surface area (Å²) >= 11 is 0. The Kier molecular flexibility index (Phi) is 6.21. The number of ether oxygens (including phenoxy) is 1. The monoisotopic (exact) mass is 416 g/mol. The highest BCUT2D eigenvalue weighted by molar-refractivity contribution is 6.06. The molecule has 0 saturated heterocycles. The average molecular weight is 417 g/mol. The molecule has 5 heteroatoms. The summed E-state index contributed by atoms with van der Waals surface area (Å²) < 4.78 is 5.95. The van der Waals surface area contributed by atoms with Gasteiger partial charge in [0, 0.05) is 18.2 Å². The third-order valence-corrected chi connectivity index (χ3v) is 5.68.